The number of hydrogen-bond acceptors (Lipinski definition) is 8. The molecule has 0 unspecified atom stereocenters. The summed E-state index contributed by atoms with van der Waals surface area (Å²) in [5.41, 5.74) is 2.31. The van der Waals surface area contributed by atoms with Crippen LogP contribution in [0.15, 0.2) is 37.3 Å². The third kappa shape index (κ3) is 6.02. The Morgan fingerprint density at radius 2 is 2.24 bits per heavy atom. The molecule has 14 heteroatoms. The first-order valence-electron chi connectivity index (χ1n) is 6.47. The lowest BCUT2D eigenvalue weighted by molar-refractivity contribution is 0.234. The molecule has 0 aliphatic heterocycles. The predicted octanol–water partition coefficient (Wildman–Crippen LogP) is 0.914. The second kappa shape index (κ2) is 8.68. The molecule has 1 heterocycles. The summed E-state index contributed by atoms with van der Waals surface area (Å²) < 4.78 is 41.8. The van der Waals surface area contributed by atoms with Gasteiger partial charge < -0.3 is 0 Å². The van der Waals surface area contributed by atoms with E-state index in [1.165, 1.54) is 18.2 Å². The summed E-state index contributed by atoms with van der Waals surface area (Å²) in [6.07, 6.45) is 0. The third-order valence-electron chi connectivity index (χ3n) is 2.58. The zero-order valence-electron chi connectivity index (χ0n) is 12.3. The van der Waals surface area contributed by atoms with Crippen LogP contribution in [0.25, 0.3) is 0 Å². The van der Waals surface area contributed by atoms with Crippen LogP contribution < -0.4 is 15.3 Å². The van der Waals surface area contributed by atoms with Gasteiger partial charge >= 0.3 is 0 Å². The Morgan fingerprint density at radius 3 is 2.88 bits per heavy atom. The van der Waals surface area contributed by atoms with Crippen LogP contribution in [0.1, 0.15) is 5.69 Å². The molecule has 0 spiro atoms. The van der Waals surface area contributed by atoms with Crippen LogP contribution >= 0.6 is 27.7 Å². The second-order valence-corrected chi connectivity index (χ2v) is 7.69. The molecule has 5 N–H and O–H groups in total. The Hall–Kier alpha value is -1.58. The molecule has 1 aromatic carbocycles. The molecule has 25 heavy (non-hydrogen) atoms. The van der Waals surface area contributed by atoms with E-state index in [1.807, 2.05) is 5.48 Å². The molecule has 0 aliphatic rings. The van der Waals surface area contributed by atoms with Crippen molar-refractivity contribution < 1.29 is 22.6 Å². The maximum absolute atomic E-state index is 13.3. The van der Waals surface area contributed by atoms with Gasteiger partial charge in [-0.25, -0.2) is 23.9 Å². The monoisotopic (exact) mass is 454 g/mol. The van der Waals surface area contributed by atoms with Gasteiger partial charge in [0.05, 0.1) is 10.2 Å². The molecule has 1 aromatic heterocycles. The highest BCUT2D eigenvalue weighted by atomic mass is 79.9. The maximum Gasteiger partial charge on any atom is 0.274 e. The normalized spacial score (nSPS) is 12.4. The van der Waals surface area contributed by atoms with E-state index in [-0.39, 0.29) is 33.3 Å². The van der Waals surface area contributed by atoms with E-state index >= 15 is 0 Å². The minimum Gasteiger partial charge on any atom is -0.290 e. The lowest BCUT2D eigenvalue weighted by Crippen LogP contribution is -2.32. The summed E-state index contributed by atoms with van der Waals surface area (Å²) in [6, 6.07) is 4.00. The van der Waals surface area contributed by atoms with Gasteiger partial charge in [-0.3, -0.25) is 10.7 Å². The molecule has 0 bridgehead atoms. The molecule has 2 rings (SSSR count). The van der Waals surface area contributed by atoms with Crippen molar-refractivity contribution in [3.05, 3.63) is 34.2 Å². The fraction of sp³-hybridized carbons (Fsp3) is 0.182. The largest absolute Gasteiger partial charge is 0.290 e. The van der Waals surface area contributed by atoms with Crippen molar-refractivity contribution in [2.75, 3.05) is 12.3 Å². The topological polar surface area (TPSA) is 156 Å². The van der Waals surface area contributed by atoms with E-state index in [9.17, 15) is 18.0 Å². The molecule has 2 aromatic rings. The van der Waals surface area contributed by atoms with Gasteiger partial charge in [-0.1, -0.05) is 11.8 Å². The van der Waals surface area contributed by atoms with Crippen LogP contribution in [0.3, 0.4) is 0 Å². The Labute approximate surface area is 154 Å². The molecule has 0 saturated carbocycles. The van der Waals surface area contributed by atoms with E-state index in [4.69, 9.17) is 5.14 Å². The van der Waals surface area contributed by atoms with E-state index in [2.05, 4.69) is 40.6 Å². The molecule has 0 radical (unpaired) electrons. The van der Waals surface area contributed by atoms with E-state index in [1.54, 1.807) is 0 Å². The highest BCUT2D eigenvalue weighted by molar-refractivity contribution is 9.10. The minimum atomic E-state index is -3.78. The van der Waals surface area contributed by atoms with Gasteiger partial charge in [-0.05, 0) is 44.4 Å². The Balaban J connectivity index is 2.14. The fourth-order valence-corrected chi connectivity index (χ4v) is 3.20. The van der Waals surface area contributed by atoms with Gasteiger partial charge in [0, 0.05) is 12.3 Å². The summed E-state index contributed by atoms with van der Waals surface area (Å²) in [6.45, 7) is 0.0553. The van der Waals surface area contributed by atoms with Crippen LogP contribution in [0.4, 0.5) is 10.1 Å². The Bertz CT molecular complexity index is 875. The van der Waals surface area contributed by atoms with Crippen molar-refractivity contribution in [3.63, 3.8) is 0 Å². The summed E-state index contributed by atoms with van der Waals surface area (Å²) >= 11 is 4.14. The summed E-state index contributed by atoms with van der Waals surface area (Å²) in [4.78, 5) is 4.10. The highest BCUT2D eigenvalue weighted by Gasteiger charge is 2.17. The molecule has 0 saturated heterocycles. The van der Waals surface area contributed by atoms with Crippen molar-refractivity contribution in [1.82, 2.24) is 20.5 Å². The zero-order chi connectivity index (χ0) is 18.4. The van der Waals surface area contributed by atoms with Crippen LogP contribution in [0.5, 0.6) is 0 Å². The Morgan fingerprint density at radius 1 is 1.48 bits per heavy atom. The van der Waals surface area contributed by atoms with Gasteiger partial charge in [0.15, 0.2) is 16.6 Å². The number of aliphatic imine (C=N–C) groups is 1. The fourth-order valence-electron chi connectivity index (χ4n) is 1.57. The smallest absolute Gasteiger partial charge is 0.274 e. The van der Waals surface area contributed by atoms with Crippen LogP contribution in [-0.4, -0.2) is 42.1 Å². The van der Waals surface area contributed by atoms with E-state index < -0.39 is 16.0 Å². The average Bonchev–Trinajstić information content (AvgIpc) is 3.00. The number of benzene rings is 1. The average molecular weight is 455 g/mol. The quantitative estimate of drug-likeness (QED) is 0.158. The first-order chi connectivity index (χ1) is 11.8. The standard InChI is InChI=1S/C11H12BrFN6O4S2/c12-7-5-6(1-2-8(7)13)16-10(17-20)9-11(19-23-18-9)24-4-3-15-25(14,21)22/h1-2,5,15,20H,3-4H2,(H,16,17)(H2,14,21,22). The first-order valence-corrected chi connectivity index (χ1v) is 9.79. The second-order valence-electron chi connectivity index (χ2n) is 4.38. The van der Waals surface area contributed by atoms with Gasteiger partial charge in [-0.2, -0.15) is 8.42 Å². The number of thioether (sulfide) groups is 1. The zero-order valence-corrected chi connectivity index (χ0v) is 15.5. The summed E-state index contributed by atoms with van der Waals surface area (Å²) in [5, 5.41) is 21.7. The number of hydroxylamine groups is 1. The molecule has 0 fully saturated rings. The number of halogens is 2. The van der Waals surface area contributed by atoms with Gasteiger partial charge in [0.1, 0.15) is 5.82 Å². The number of hydrogen-bond donors (Lipinski definition) is 4. The van der Waals surface area contributed by atoms with Crippen molar-refractivity contribution in [1.29, 1.82) is 0 Å². The number of aromatic nitrogens is 2. The van der Waals surface area contributed by atoms with Gasteiger partial charge in [0.2, 0.25) is 0 Å². The SMILES string of the molecule is NS(=O)(=O)NCCSc1nonc1C(=Nc1ccc(F)c(Br)c1)NO. The molecule has 10 nitrogen and oxygen atoms in total. The van der Waals surface area contributed by atoms with Gasteiger partial charge in [0.25, 0.3) is 10.2 Å². The summed E-state index contributed by atoms with van der Waals surface area (Å²) in [7, 11) is -3.78. The van der Waals surface area contributed by atoms with Crippen LogP contribution in [0.2, 0.25) is 0 Å². The van der Waals surface area contributed by atoms with E-state index in [0.717, 1.165) is 11.8 Å². The minimum absolute atomic E-state index is 0.0553. The highest BCUT2D eigenvalue weighted by Crippen LogP contribution is 2.24. The third-order valence-corrected chi connectivity index (χ3v) is 4.74. The van der Waals surface area contributed by atoms with Crippen molar-refractivity contribution in [3.8, 4) is 0 Å². The Kier molecular flexibility index (Phi) is 6.86. The number of nitrogens with zero attached hydrogens (tertiary/aromatic N) is 3. The van der Waals surface area contributed by atoms with Crippen LogP contribution in [-0.2, 0) is 10.2 Å². The van der Waals surface area contributed by atoms with E-state index in [0.29, 0.717) is 5.69 Å². The number of nitrogens with one attached hydrogen (secondary N) is 2. The molecule has 136 valence electrons. The molecule has 0 amide bonds. The lowest BCUT2D eigenvalue weighted by Gasteiger charge is -2.04. The molecule has 0 aliphatic carbocycles. The predicted molar refractivity (Wildman–Crippen MR) is 91.4 cm³/mol. The van der Waals surface area contributed by atoms with Gasteiger partial charge in [-0.15, -0.1) is 0 Å². The summed E-state index contributed by atoms with van der Waals surface area (Å²) in [5.74, 6) is -0.265. The molecular weight excluding hydrogens is 443 g/mol. The molecular formula is C11H12BrFN6O4S2. The number of amidine groups is 1. The maximum atomic E-state index is 13.3. The van der Waals surface area contributed by atoms with Crippen molar-refractivity contribution >= 4 is 49.4 Å². The lowest BCUT2D eigenvalue weighted by atomic mass is 10.3. The van der Waals surface area contributed by atoms with Crippen molar-refractivity contribution in [2.45, 2.75) is 5.03 Å². The first kappa shape index (κ1) is 19.7. The number of nitrogens with two attached hydrogens (primary N) is 1. The van der Waals surface area contributed by atoms with Crippen LogP contribution in [0, 0.1) is 5.82 Å². The van der Waals surface area contributed by atoms with Crippen molar-refractivity contribution in [2.24, 2.45) is 10.1 Å². The molecule has 0 atom stereocenters. The number of rotatable bonds is 7.